The highest BCUT2D eigenvalue weighted by Gasteiger charge is 2.31. The number of esters is 1. The lowest BCUT2D eigenvalue weighted by molar-refractivity contribution is -0.150. The van der Waals surface area contributed by atoms with Gasteiger partial charge in [0, 0.05) is 0 Å². The lowest BCUT2D eigenvalue weighted by Crippen LogP contribution is -2.28. The molecule has 0 bridgehead atoms. The Morgan fingerprint density at radius 2 is 1.07 bits per heavy atom. The van der Waals surface area contributed by atoms with Gasteiger partial charge in [-0.25, -0.2) is 0 Å². The molecule has 0 saturated heterocycles. The van der Waals surface area contributed by atoms with Gasteiger partial charge in [0.2, 0.25) is 0 Å². The van der Waals surface area contributed by atoms with Crippen molar-refractivity contribution in [3.8, 4) is 0 Å². The van der Waals surface area contributed by atoms with Crippen molar-refractivity contribution in [2.45, 2.75) is 148 Å². The molecule has 0 atom stereocenters. The maximum absolute atomic E-state index is 12.4. The second-order valence-corrected chi connectivity index (χ2v) is 10.4. The van der Waals surface area contributed by atoms with Crippen LogP contribution in [0.5, 0.6) is 0 Å². The molecule has 0 aliphatic heterocycles. The molecule has 2 aliphatic carbocycles. The minimum absolute atomic E-state index is 0.107. The Balaban J connectivity index is 1.35. The molecule has 0 unspecified atom stereocenters. The van der Waals surface area contributed by atoms with Crippen LogP contribution in [0.3, 0.4) is 0 Å². The van der Waals surface area contributed by atoms with Gasteiger partial charge < -0.3 is 4.74 Å². The number of hydrogen-bond acceptors (Lipinski definition) is 2. The van der Waals surface area contributed by atoms with Crippen molar-refractivity contribution < 1.29 is 9.53 Å². The molecule has 0 heterocycles. The summed E-state index contributed by atoms with van der Waals surface area (Å²) in [7, 11) is 0. The van der Waals surface area contributed by atoms with Crippen LogP contribution < -0.4 is 0 Å². The molecule has 0 spiro atoms. The molecule has 0 aromatic rings. The monoisotopic (exact) mass is 420 g/mol. The van der Waals surface area contributed by atoms with Crippen LogP contribution in [0.2, 0.25) is 0 Å². The highest BCUT2D eigenvalue weighted by Crippen LogP contribution is 2.40. The molecule has 0 aromatic carbocycles. The Morgan fingerprint density at radius 3 is 1.60 bits per heavy atom. The first-order valence-electron chi connectivity index (χ1n) is 14.0. The summed E-state index contributed by atoms with van der Waals surface area (Å²) in [4.78, 5) is 12.4. The predicted molar refractivity (Wildman–Crippen MR) is 129 cm³/mol. The number of carbonyl (C=O) groups is 1. The highest BCUT2D eigenvalue weighted by molar-refractivity contribution is 5.72. The number of carbonyl (C=O) groups excluding carboxylic acids is 1. The van der Waals surface area contributed by atoms with E-state index in [2.05, 4.69) is 6.92 Å². The number of unbranched alkanes of at least 4 members (excludes halogenated alkanes) is 12. The Morgan fingerprint density at radius 1 is 0.600 bits per heavy atom. The molecule has 2 heteroatoms. The van der Waals surface area contributed by atoms with Gasteiger partial charge in [0.15, 0.2) is 0 Å². The van der Waals surface area contributed by atoms with Crippen LogP contribution in [-0.2, 0) is 9.53 Å². The summed E-state index contributed by atoms with van der Waals surface area (Å²) < 4.78 is 5.62. The Bertz CT molecular complexity index is 405. The second-order valence-electron chi connectivity index (χ2n) is 10.4. The zero-order valence-electron chi connectivity index (χ0n) is 20.3. The molecule has 2 fully saturated rings. The first-order chi connectivity index (χ1) is 14.8. The zero-order valence-corrected chi connectivity index (χ0v) is 20.3. The van der Waals surface area contributed by atoms with E-state index in [1.807, 2.05) is 0 Å². The van der Waals surface area contributed by atoms with Crippen LogP contribution in [0.15, 0.2) is 0 Å². The third-order valence-electron chi connectivity index (χ3n) is 7.91. The van der Waals surface area contributed by atoms with Crippen molar-refractivity contribution in [3.63, 3.8) is 0 Å². The minimum Gasteiger partial charge on any atom is -0.465 e. The van der Waals surface area contributed by atoms with Crippen LogP contribution in [-0.4, -0.2) is 12.6 Å². The quantitative estimate of drug-likeness (QED) is 0.184. The van der Waals surface area contributed by atoms with E-state index in [9.17, 15) is 4.79 Å². The van der Waals surface area contributed by atoms with Crippen molar-refractivity contribution in [1.29, 1.82) is 0 Å². The van der Waals surface area contributed by atoms with E-state index in [-0.39, 0.29) is 11.9 Å². The average Bonchev–Trinajstić information content (AvgIpc) is 2.80. The SMILES string of the molecule is CCCCCCCCCCCCCCCOC(=O)C1CCC(C2CCCCC2)CC1. The molecule has 2 saturated carbocycles. The van der Waals surface area contributed by atoms with Crippen molar-refractivity contribution in [1.82, 2.24) is 0 Å². The smallest absolute Gasteiger partial charge is 0.308 e. The van der Waals surface area contributed by atoms with E-state index in [4.69, 9.17) is 4.74 Å². The molecule has 0 radical (unpaired) electrons. The molecule has 30 heavy (non-hydrogen) atoms. The highest BCUT2D eigenvalue weighted by atomic mass is 16.5. The van der Waals surface area contributed by atoms with Gasteiger partial charge in [0.25, 0.3) is 0 Å². The predicted octanol–water partition coefficient (Wildman–Crippen LogP) is 9.01. The zero-order chi connectivity index (χ0) is 21.3. The topological polar surface area (TPSA) is 26.3 Å². The molecule has 0 N–H and O–H groups in total. The Kier molecular flexibility index (Phi) is 14.6. The standard InChI is InChI=1S/C28H52O2/c1-2-3-4-5-6-7-8-9-10-11-12-13-17-24-30-28(29)27-22-20-26(21-23-27)25-18-15-14-16-19-25/h25-27H,2-24H2,1H3. The van der Waals surface area contributed by atoms with Crippen molar-refractivity contribution in [2.75, 3.05) is 6.61 Å². The van der Waals surface area contributed by atoms with E-state index in [0.29, 0.717) is 6.61 Å². The number of hydrogen-bond donors (Lipinski definition) is 0. The Hall–Kier alpha value is -0.530. The molecular weight excluding hydrogens is 368 g/mol. The molecule has 0 aromatic heterocycles. The maximum atomic E-state index is 12.4. The van der Waals surface area contributed by atoms with Crippen LogP contribution >= 0.6 is 0 Å². The maximum Gasteiger partial charge on any atom is 0.308 e. The fraction of sp³-hybridized carbons (Fsp3) is 0.964. The molecule has 2 rings (SSSR count). The number of rotatable bonds is 16. The van der Waals surface area contributed by atoms with Gasteiger partial charge in [-0.3, -0.25) is 4.79 Å². The summed E-state index contributed by atoms with van der Waals surface area (Å²) in [6, 6.07) is 0. The van der Waals surface area contributed by atoms with Crippen LogP contribution in [0.4, 0.5) is 0 Å². The van der Waals surface area contributed by atoms with Crippen LogP contribution in [0.1, 0.15) is 148 Å². The molecule has 176 valence electrons. The normalized spacial score (nSPS) is 22.8. The summed E-state index contributed by atoms with van der Waals surface area (Å²) in [5.74, 6) is 2.17. The van der Waals surface area contributed by atoms with Gasteiger partial charge in [-0.15, -0.1) is 0 Å². The molecule has 2 nitrogen and oxygen atoms in total. The van der Waals surface area contributed by atoms with Crippen molar-refractivity contribution in [3.05, 3.63) is 0 Å². The molecular formula is C28H52O2. The second kappa shape index (κ2) is 17.1. The van der Waals surface area contributed by atoms with Gasteiger partial charge in [-0.05, 0) is 43.9 Å². The van der Waals surface area contributed by atoms with Gasteiger partial charge in [0.1, 0.15) is 0 Å². The van der Waals surface area contributed by atoms with Crippen LogP contribution in [0.25, 0.3) is 0 Å². The van der Waals surface area contributed by atoms with E-state index < -0.39 is 0 Å². The van der Waals surface area contributed by atoms with E-state index >= 15 is 0 Å². The summed E-state index contributed by atoms with van der Waals surface area (Å²) in [6.07, 6.45) is 29.6. The summed E-state index contributed by atoms with van der Waals surface area (Å²) in [5, 5.41) is 0. The first kappa shape index (κ1) is 25.7. The first-order valence-corrected chi connectivity index (χ1v) is 14.0. The van der Waals surface area contributed by atoms with Crippen molar-refractivity contribution in [2.24, 2.45) is 17.8 Å². The summed E-state index contributed by atoms with van der Waals surface area (Å²) in [6.45, 7) is 2.94. The van der Waals surface area contributed by atoms with Gasteiger partial charge >= 0.3 is 5.97 Å². The minimum atomic E-state index is 0.107. The fourth-order valence-electron chi connectivity index (χ4n) is 5.84. The fourth-order valence-corrected chi connectivity index (χ4v) is 5.84. The van der Waals surface area contributed by atoms with Gasteiger partial charge in [-0.1, -0.05) is 116 Å². The van der Waals surface area contributed by atoms with Gasteiger partial charge in [-0.2, -0.15) is 0 Å². The molecule has 2 aliphatic rings. The average molecular weight is 421 g/mol. The van der Waals surface area contributed by atoms with Gasteiger partial charge in [0.05, 0.1) is 12.5 Å². The number of ether oxygens (including phenoxy) is 1. The Labute approximate surface area is 188 Å². The van der Waals surface area contributed by atoms with Crippen LogP contribution in [0, 0.1) is 17.8 Å². The summed E-state index contributed by atoms with van der Waals surface area (Å²) >= 11 is 0. The van der Waals surface area contributed by atoms with Crippen molar-refractivity contribution >= 4 is 5.97 Å². The van der Waals surface area contributed by atoms with E-state index in [1.165, 1.54) is 122 Å². The third kappa shape index (κ3) is 11.2. The van der Waals surface area contributed by atoms with E-state index in [1.54, 1.807) is 0 Å². The summed E-state index contributed by atoms with van der Waals surface area (Å²) in [5.41, 5.74) is 0. The van der Waals surface area contributed by atoms with E-state index in [0.717, 1.165) is 31.1 Å². The molecule has 0 amide bonds. The largest absolute Gasteiger partial charge is 0.465 e. The lowest BCUT2D eigenvalue weighted by atomic mass is 9.71. The lowest BCUT2D eigenvalue weighted by Gasteiger charge is -2.35. The third-order valence-corrected chi connectivity index (χ3v) is 7.91.